The van der Waals surface area contributed by atoms with E-state index in [1.54, 1.807) is 12.1 Å². The molecule has 0 aromatic heterocycles. The number of carbonyl (C=O) groups is 1. The van der Waals surface area contributed by atoms with Gasteiger partial charge in [0.1, 0.15) is 5.75 Å². The molecule has 0 heterocycles. The molecule has 3 rings (SSSR count). The first kappa shape index (κ1) is 16.8. The van der Waals surface area contributed by atoms with Gasteiger partial charge in [-0.25, -0.2) is 0 Å². The first-order valence-electron chi connectivity index (χ1n) is 8.31. The SMILES string of the molecule is Cc1ccc(O)cc1-c1ccc(-c2ccccc2)cc1CCC(N)=O. The fraction of sp³-hybridized carbons (Fsp3) is 0.136. The summed E-state index contributed by atoms with van der Waals surface area (Å²) in [5.41, 5.74) is 11.7. The molecule has 0 saturated carbocycles. The van der Waals surface area contributed by atoms with Gasteiger partial charge in [0.25, 0.3) is 0 Å². The summed E-state index contributed by atoms with van der Waals surface area (Å²) in [7, 11) is 0. The molecule has 0 atom stereocenters. The molecule has 0 aliphatic carbocycles. The van der Waals surface area contributed by atoms with Crippen molar-refractivity contribution in [3.8, 4) is 28.0 Å². The Morgan fingerprint density at radius 3 is 2.40 bits per heavy atom. The van der Waals surface area contributed by atoms with Gasteiger partial charge in [-0.1, -0.05) is 54.6 Å². The molecule has 0 bridgehead atoms. The van der Waals surface area contributed by atoms with Crippen molar-refractivity contribution in [1.82, 2.24) is 0 Å². The molecular weight excluding hydrogens is 310 g/mol. The van der Waals surface area contributed by atoms with Crippen LogP contribution in [0.2, 0.25) is 0 Å². The molecular formula is C22H21NO2. The Morgan fingerprint density at radius 1 is 0.920 bits per heavy atom. The topological polar surface area (TPSA) is 63.3 Å². The standard InChI is InChI=1S/C22H21NO2/c1-15-7-10-19(24)14-21(15)20-11-8-17(16-5-3-2-4-6-16)13-18(20)9-12-22(23)25/h2-8,10-11,13-14,24H,9,12H2,1H3,(H2,23,25). The number of primary amides is 1. The lowest BCUT2D eigenvalue weighted by molar-refractivity contribution is -0.117. The Morgan fingerprint density at radius 2 is 1.68 bits per heavy atom. The normalized spacial score (nSPS) is 10.6. The first-order chi connectivity index (χ1) is 12.0. The highest BCUT2D eigenvalue weighted by Crippen LogP contribution is 2.33. The Balaban J connectivity index is 2.11. The molecule has 3 aromatic rings. The Bertz CT molecular complexity index is 901. The number of aromatic hydroxyl groups is 1. The van der Waals surface area contributed by atoms with E-state index in [2.05, 4.69) is 30.3 Å². The van der Waals surface area contributed by atoms with Crippen LogP contribution in [0.4, 0.5) is 0 Å². The van der Waals surface area contributed by atoms with Crippen molar-refractivity contribution >= 4 is 5.91 Å². The highest BCUT2D eigenvalue weighted by molar-refractivity contribution is 5.78. The quantitative estimate of drug-likeness (QED) is 0.725. The monoisotopic (exact) mass is 331 g/mol. The molecule has 0 fully saturated rings. The summed E-state index contributed by atoms with van der Waals surface area (Å²) in [5.74, 6) is -0.0858. The van der Waals surface area contributed by atoms with Gasteiger partial charge in [0.2, 0.25) is 5.91 Å². The number of phenolic OH excluding ortho intramolecular Hbond substituents is 1. The lowest BCUT2D eigenvalue weighted by atomic mass is 9.90. The van der Waals surface area contributed by atoms with Crippen molar-refractivity contribution in [2.24, 2.45) is 5.73 Å². The van der Waals surface area contributed by atoms with Crippen molar-refractivity contribution < 1.29 is 9.90 Å². The van der Waals surface area contributed by atoms with E-state index in [0.29, 0.717) is 12.8 Å². The fourth-order valence-electron chi connectivity index (χ4n) is 3.03. The van der Waals surface area contributed by atoms with Gasteiger partial charge in [-0.2, -0.15) is 0 Å². The summed E-state index contributed by atoms with van der Waals surface area (Å²) in [4.78, 5) is 11.3. The lowest BCUT2D eigenvalue weighted by Gasteiger charge is -2.14. The van der Waals surface area contributed by atoms with Crippen molar-refractivity contribution in [3.63, 3.8) is 0 Å². The van der Waals surface area contributed by atoms with Crippen molar-refractivity contribution in [2.75, 3.05) is 0 Å². The van der Waals surface area contributed by atoms with Gasteiger partial charge < -0.3 is 10.8 Å². The van der Waals surface area contributed by atoms with Crippen LogP contribution in [0.15, 0.2) is 66.7 Å². The highest BCUT2D eigenvalue weighted by atomic mass is 16.3. The largest absolute Gasteiger partial charge is 0.508 e. The zero-order valence-electron chi connectivity index (χ0n) is 14.2. The molecule has 3 nitrogen and oxygen atoms in total. The minimum atomic E-state index is -0.316. The molecule has 0 saturated heterocycles. The molecule has 3 N–H and O–H groups in total. The van der Waals surface area contributed by atoms with Crippen LogP contribution in [-0.2, 0) is 11.2 Å². The van der Waals surface area contributed by atoms with E-state index >= 15 is 0 Å². The highest BCUT2D eigenvalue weighted by Gasteiger charge is 2.11. The number of phenols is 1. The fourth-order valence-corrected chi connectivity index (χ4v) is 3.03. The number of nitrogens with two attached hydrogens (primary N) is 1. The predicted octanol–water partition coefficient (Wildman–Crippen LogP) is 4.45. The third-order valence-electron chi connectivity index (χ3n) is 4.36. The van der Waals surface area contributed by atoms with Crippen LogP contribution >= 0.6 is 0 Å². The van der Waals surface area contributed by atoms with Crippen LogP contribution in [0, 0.1) is 6.92 Å². The summed E-state index contributed by atoms with van der Waals surface area (Å²) in [6.45, 7) is 2.01. The van der Waals surface area contributed by atoms with E-state index in [9.17, 15) is 9.90 Å². The van der Waals surface area contributed by atoms with Gasteiger partial charge in [0.15, 0.2) is 0 Å². The van der Waals surface area contributed by atoms with E-state index in [4.69, 9.17) is 5.73 Å². The smallest absolute Gasteiger partial charge is 0.217 e. The van der Waals surface area contributed by atoms with Gasteiger partial charge in [-0.15, -0.1) is 0 Å². The molecule has 0 radical (unpaired) electrons. The van der Waals surface area contributed by atoms with Crippen LogP contribution in [0.1, 0.15) is 17.5 Å². The predicted molar refractivity (Wildman–Crippen MR) is 101 cm³/mol. The molecule has 25 heavy (non-hydrogen) atoms. The second-order valence-corrected chi connectivity index (χ2v) is 6.20. The van der Waals surface area contributed by atoms with E-state index in [0.717, 1.165) is 33.4 Å². The molecule has 0 spiro atoms. The minimum Gasteiger partial charge on any atom is -0.508 e. The van der Waals surface area contributed by atoms with Crippen LogP contribution in [0.5, 0.6) is 5.75 Å². The number of hydrogen-bond acceptors (Lipinski definition) is 2. The van der Waals surface area contributed by atoms with Gasteiger partial charge >= 0.3 is 0 Å². The van der Waals surface area contributed by atoms with E-state index in [-0.39, 0.29) is 11.7 Å². The zero-order valence-corrected chi connectivity index (χ0v) is 14.2. The molecule has 3 heteroatoms. The summed E-state index contributed by atoms with van der Waals surface area (Å²) in [6.07, 6.45) is 0.865. The molecule has 0 unspecified atom stereocenters. The minimum absolute atomic E-state index is 0.230. The number of amides is 1. The van der Waals surface area contributed by atoms with Crippen molar-refractivity contribution in [2.45, 2.75) is 19.8 Å². The summed E-state index contributed by atoms with van der Waals surface area (Å²) in [5, 5.41) is 9.87. The Hall–Kier alpha value is -3.07. The number of benzene rings is 3. The van der Waals surface area contributed by atoms with Crippen LogP contribution in [0.25, 0.3) is 22.3 Å². The van der Waals surface area contributed by atoms with Crippen LogP contribution < -0.4 is 5.73 Å². The Labute approximate surface area is 147 Å². The van der Waals surface area contributed by atoms with Crippen molar-refractivity contribution in [3.05, 3.63) is 77.9 Å². The maximum absolute atomic E-state index is 11.3. The second-order valence-electron chi connectivity index (χ2n) is 6.20. The average Bonchev–Trinajstić information content (AvgIpc) is 2.62. The number of hydrogen-bond donors (Lipinski definition) is 2. The van der Waals surface area contributed by atoms with E-state index in [1.807, 2.05) is 31.2 Å². The number of aryl methyl sites for hydroxylation is 2. The molecule has 1 amide bonds. The van der Waals surface area contributed by atoms with E-state index in [1.165, 1.54) is 0 Å². The van der Waals surface area contributed by atoms with Crippen molar-refractivity contribution in [1.29, 1.82) is 0 Å². The molecule has 0 aliphatic heterocycles. The average molecular weight is 331 g/mol. The maximum atomic E-state index is 11.3. The van der Waals surface area contributed by atoms with Gasteiger partial charge in [-0.05, 0) is 58.9 Å². The third kappa shape index (κ3) is 3.89. The molecule has 0 aliphatic rings. The van der Waals surface area contributed by atoms with Crippen LogP contribution in [0.3, 0.4) is 0 Å². The maximum Gasteiger partial charge on any atom is 0.217 e. The Kier molecular flexibility index (Phi) is 4.85. The number of rotatable bonds is 5. The lowest BCUT2D eigenvalue weighted by Crippen LogP contribution is -2.11. The third-order valence-corrected chi connectivity index (χ3v) is 4.36. The molecule has 126 valence electrons. The zero-order chi connectivity index (χ0) is 17.8. The first-order valence-corrected chi connectivity index (χ1v) is 8.31. The van der Waals surface area contributed by atoms with Gasteiger partial charge in [0, 0.05) is 6.42 Å². The van der Waals surface area contributed by atoms with Crippen LogP contribution in [-0.4, -0.2) is 11.0 Å². The number of carbonyl (C=O) groups excluding carboxylic acids is 1. The summed E-state index contributed by atoms with van der Waals surface area (Å²) >= 11 is 0. The molecule has 3 aromatic carbocycles. The van der Waals surface area contributed by atoms with Gasteiger partial charge in [0.05, 0.1) is 0 Å². The second kappa shape index (κ2) is 7.22. The van der Waals surface area contributed by atoms with E-state index < -0.39 is 0 Å². The van der Waals surface area contributed by atoms with Gasteiger partial charge in [-0.3, -0.25) is 4.79 Å². The summed E-state index contributed by atoms with van der Waals surface area (Å²) < 4.78 is 0. The summed E-state index contributed by atoms with van der Waals surface area (Å²) in [6, 6.07) is 21.7.